The van der Waals surface area contributed by atoms with Crippen molar-refractivity contribution in [3.8, 4) is 0 Å². The van der Waals surface area contributed by atoms with Crippen molar-refractivity contribution in [2.45, 2.75) is 162 Å². The van der Waals surface area contributed by atoms with Crippen LogP contribution in [-0.4, -0.2) is 95.3 Å². The number of aliphatic hydroxyl groups excluding tert-OH is 1. The van der Waals surface area contributed by atoms with E-state index in [1.165, 1.54) is 12.8 Å². The van der Waals surface area contributed by atoms with Gasteiger partial charge < -0.3 is 39.8 Å². The molecular formula is C39H66N2O7. The summed E-state index contributed by atoms with van der Waals surface area (Å²) in [6.07, 6.45) is 6.20. The van der Waals surface area contributed by atoms with Crippen molar-refractivity contribution in [3.05, 3.63) is 0 Å². The second kappa shape index (κ2) is 11.6. The molecule has 7 fully saturated rings. The van der Waals surface area contributed by atoms with E-state index in [1.807, 2.05) is 25.7 Å². The Morgan fingerprint density at radius 3 is 2.44 bits per heavy atom. The van der Waals surface area contributed by atoms with E-state index in [4.69, 9.17) is 24.7 Å². The molecule has 4 N–H and O–H groups in total. The number of carbonyl (C=O) groups excluding carboxylic acids is 1. The third-order valence-corrected chi connectivity index (χ3v) is 15.8. The average Bonchev–Trinajstić information content (AvgIpc) is 3.65. The Morgan fingerprint density at radius 2 is 1.77 bits per heavy atom. The van der Waals surface area contributed by atoms with E-state index in [2.05, 4.69) is 27.7 Å². The number of rotatable bonds is 7. The molecule has 2 aliphatic heterocycles. The molecule has 14 atom stereocenters. The van der Waals surface area contributed by atoms with E-state index in [-0.39, 0.29) is 69.9 Å². The normalized spacial score (nSPS) is 50.1. The molecule has 48 heavy (non-hydrogen) atoms. The molecule has 2 saturated heterocycles. The zero-order valence-corrected chi connectivity index (χ0v) is 31.3. The minimum Gasteiger partial charge on any atom is -0.388 e. The van der Waals surface area contributed by atoms with Crippen molar-refractivity contribution >= 4 is 5.91 Å². The summed E-state index contributed by atoms with van der Waals surface area (Å²) in [5, 5.41) is 23.5. The van der Waals surface area contributed by atoms with Crippen LogP contribution in [0.4, 0.5) is 0 Å². The number of nitrogens with zero attached hydrogens (tertiary/aromatic N) is 1. The number of morpholine rings is 1. The molecule has 9 nitrogen and oxygen atoms in total. The molecule has 2 heterocycles. The lowest BCUT2D eigenvalue weighted by atomic mass is 9.43. The van der Waals surface area contributed by atoms with E-state index in [9.17, 15) is 15.0 Å². The summed E-state index contributed by atoms with van der Waals surface area (Å²) in [5.41, 5.74) is 6.13. The van der Waals surface area contributed by atoms with Crippen molar-refractivity contribution in [1.82, 2.24) is 4.90 Å². The van der Waals surface area contributed by atoms with Gasteiger partial charge in [-0.3, -0.25) is 4.79 Å². The third kappa shape index (κ3) is 4.76. The Morgan fingerprint density at radius 1 is 1.08 bits per heavy atom. The first-order chi connectivity index (χ1) is 22.4. The monoisotopic (exact) mass is 674 g/mol. The van der Waals surface area contributed by atoms with Crippen LogP contribution in [0, 0.1) is 51.2 Å². The molecule has 0 radical (unpaired) electrons. The average molecular weight is 675 g/mol. The second-order valence-corrected chi connectivity index (χ2v) is 19.1. The molecule has 0 aromatic rings. The van der Waals surface area contributed by atoms with Gasteiger partial charge in [0.15, 0.2) is 6.29 Å². The van der Waals surface area contributed by atoms with Crippen molar-refractivity contribution < 1.29 is 34.0 Å². The van der Waals surface area contributed by atoms with Crippen LogP contribution in [0.15, 0.2) is 0 Å². The van der Waals surface area contributed by atoms with Gasteiger partial charge >= 0.3 is 0 Å². The molecular weight excluding hydrogens is 608 g/mol. The standard InChI is InChI=1S/C39H66N2O7/c1-10-45-32(35(7,8)44)24-19-23(4)29-30(47-24)31(42)39(40)26-12-11-25-34(5,6)27(48-28-20-41(17-18-46-28)33(43)22(2)3)13-14-37(25)21-38(26,37)16-15-36(29,39)9/h22-32,42,44H,10-21,40H2,1-9H3/t23-,24-,25+,26-,27+,28?,29+,30+,31+,32+,36-,37-,38+,39+/m1/s1. The summed E-state index contributed by atoms with van der Waals surface area (Å²) >= 11 is 0. The highest BCUT2D eigenvalue weighted by atomic mass is 16.7. The first kappa shape index (κ1) is 35.6. The van der Waals surface area contributed by atoms with E-state index >= 15 is 0 Å². The summed E-state index contributed by atoms with van der Waals surface area (Å²) in [6, 6.07) is 0. The number of fused-ring (bicyclic) bond motifs is 4. The van der Waals surface area contributed by atoms with Crippen LogP contribution in [0.25, 0.3) is 0 Å². The SMILES string of the molecule is CCO[C@@H]([C@H]1C[C@@H](C)[C@H]2[C@H](O1)[C@H](O)[C@@]1(N)[C@@H]3CC[C@H]4C(C)(C)[C@@H](OC5CN(C(=O)C(C)C)CCO5)CC[C@@]45C[C@@]35CC[C@]21C)C(C)(C)O. The van der Waals surface area contributed by atoms with Crippen molar-refractivity contribution in [1.29, 1.82) is 0 Å². The topological polar surface area (TPSA) is 124 Å². The molecule has 9 heteroatoms. The van der Waals surface area contributed by atoms with Crippen LogP contribution in [0.1, 0.15) is 114 Å². The van der Waals surface area contributed by atoms with Crippen LogP contribution in [0.5, 0.6) is 0 Å². The van der Waals surface area contributed by atoms with Gasteiger partial charge in [0, 0.05) is 19.1 Å². The van der Waals surface area contributed by atoms with Crippen LogP contribution in [-0.2, 0) is 23.7 Å². The van der Waals surface area contributed by atoms with Crippen LogP contribution in [0.2, 0.25) is 0 Å². The maximum absolute atomic E-state index is 12.8. The van der Waals surface area contributed by atoms with Crippen LogP contribution in [0.3, 0.4) is 0 Å². The summed E-state index contributed by atoms with van der Waals surface area (Å²) < 4.78 is 25.9. The number of carbonyl (C=O) groups is 1. The molecule has 1 unspecified atom stereocenters. The largest absolute Gasteiger partial charge is 0.388 e. The van der Waals surface area contributed by atoms with Gasteiger partial charge in [-0.15, -0.1) is 0 Å². The van der Waals surface area contributed by atoms with Gasteiger partial charge in [0.1, 0.15) is 6.10 Å². The van der Waals surface area contributed by atoms with E-state index in [1.54, 1.807) is 13.8 Å². The van der Waals surface area contributed by atoms with Crippen LogP contribution < -0.4 is 5.73 Å². The van der Waals surface area contributed by atoms with Gasteiger partial charge in [-0.25, -0.2) is 0 Å². The minimum atomic E-state index is -1.06. The maximum Gasteiger partial charge on any atom is 0.225 e. The van der Waals surface area contributed by atoms with Gasteiger partial charge in [0.2, 0.25) is 5.91 Å². The molecule has 7 aliphatic rings. The minimum absolute atomic E-state index is 0.0302. The number of hydrogen-bond donors (Lipinski definition) is 3. The fourth-order valence-electron chi connectivity index (χ4n) is 13.8. The number of amides is 1. The second-order valence-electron chi connectivity index (χ2n) is 19.1. The van der Waals surface area contributed by atoms with Gasteiger partial charge in [0.05, 0.1) is 48.7 Å². The fourth-order valence-corrected chi connectivity index (χ4v) is 13.8. The number of nitrogens with two attached hydrogens (primary N) is 1. The molecule has 5 saturated carbocycles. The van der Waals surface area contributed by atoms with Crippen molar-refractivity contribution in [2.24, 2.45) is 57.0 Å². The molecule has 0 bridgehead atoms. The first-order valence-corrected chi connectivity index (χ1v) is 19.4. The smallest absolute Gasteiger partial charge is 0.225 e. The van der Waals surface area contributed by atoms with E-state index in [0.29, 0.717) is 38.1 Å². The first-order valence-electron chi connectivity index (χ1n) is 19.4. The summed E-state index contributed by atoms with van der Waals surface area (Å²) in [6.45, 7) is 21.1. The molecule has 5 aliphatic carbocycles. The quantitative estimate of drug-likeness (QED) is 0.349. The highest BCUT2D eigenvalue weighted by Gasteiger charge is 2.85. The molecule has 7 rings (SSSR count). The number of ether oxygens (including phenoxy) is 4. The van der Waals surface area contributed by atoms with E-state index < -0.39 is 23.3 Å². The Bertz CT molecular complexity index is 1250. The summed E-state index contributed by atoms with van der Waals surface area (Å²) in [4.78, 5) is 14.7. The molecule has 0 aromatic heterocycles. The fraction of sp³-hybridized carbons (Fsp3) is 0.974. The van der Waals surface area contributed by atoms with Crippen molar-refractivity contribution in [3.63, 3.8) is 0 Å². The van der Waals surface area contributed by atoms with Gasteiger partial charge in [0.25, 0.3) is 0 Å². The molecule has 0 aromatic carbocycles. The number of hydrogen-bond acceptors (Lipinski definition) is 8. The number of aliphatic hydroxyl groups is 2. The van der Waals surface area contributed by atoms with Gasteiger partial charge in [-0.2, -0.15) is 0 Å². The highest BCUT2D eigenvalue weighted by molar-refractivity contribution is 5.78. The third-order valence-electron chi connectivity index (χ3n) is 15.8. The van der Waals surface area contributed by atoms with Gasteiger partial charge in [-0.05, 0) is 117 Å². The lowest BCUT2D eigenvalue weighted by molar-refractivity contribution is -0.245. The summed E-state index contributed by atoms with van der Waals surface area (Å²) in [7, 11) is 0. The molecule has 274 valence electrons. The summed E-state index contributed by atoms with van der Waals surface area (Å²) in [5.74, 6) is 1.37. The van der Waals surface area contributed by atoms with E-state index in [0.717, 1.165) is 38.5 Å². The molecule has 1 amide bonds. The Kier molecular flexibility index (Phi) is 8.60. The van der Waals surface area contributed by atoms with Crippen LogP contribution >= 0.6 is 0 Å². The highest BCUT2D eigenvalue weighted by Crippen LogP contribution is 2.87. The zero-order valence-electron chi connectivity index (χ0n) is 31.3. The lowest BCUT2D eigenvalue weighted by Gasteiger charge is -2.63. The van der Waals surface area contributed by atoms with Gasteiger partial charge in [-0.1, -0.05) is 41.5 Å². The maximum atomic E-state index is 12.8. The Hall–Kier alpha value is -0.810. The lowest BCUT2D eigenvalue weighted by Crippen LogP contribution is -2.70. The Balaban J connectivity index is 1.11. The predicted octanol–water partition coefficient (Wildman–Crippen LogP) is 4.89. The van der Waals surface area contributed by atoms with Crippen molar-refractivity contribution in [2.75, 3.05) is 26.3 Å². The molecule has 2 spiro atoms. The predicted molar refractivity (Wildman–Crippen MR) is 183 cm³/mol. The zero-order chi connectivity index (χ0) is 34.8. The Labute approximate surface area is 289 Å².